The molecule has 1 amide bonds. The highest BCUT2D eigenvalue weighted by atomic mass is 16.5. The molecule has 0 atom stereocenters. The summed E-state index contributed by atoms with van der Waals surface area (Å²) in [5.74, 6) is 0.00354. The number of carbonyl (C=O) groups is 1. The third-order valence-electron chi connectivity index (χ3n) is 3.03. The number of anilines is 1. The lowest BCUT2D eigenvalue weighted by molar-refractivity contribution is -0.0763. The quantitative estimate of drug-likeness (QED) is 0.860. The molecule has 0 radical (unpaired) electrons. The molecule has 5 nitrogen and oxygen atoms in total. The van der Waals surface area contributed by atoms with Crippen molar-refractivity contribution < 1.29 is 9.53 Å². The maximum absolute atomic E-state index is 12.5. The molecule has 1 fully saturated rings. The molecule has 98 valence electrons. The Morgan fingerprint density at radius 2 is 2.33 bits per heavy atom. The molecule has 0 saturated carbocycles. The first kappa shape index (κ1) is 12.8. The fourth-order valence-corrected chi connectivity index (χ4v) is 2.14. The number of hydrogen-bond donors (Lipinski definition) is 1. The lowest BCUT2D eigenvalue weighted by Gasteiger charge is -2.38. The Hall–Kier alpha value is -1.62. The maximum Gasteiger partial charge on any atom is 0.257 e. The minimum absolute atomic E-state index is 0.00354. The Morgan fingerprint density at radius 1 is 1.56 bits per heavy atom. The van der Waals surface area contributed by atoms with Gasteiger partial charge in [-0.3, -0.25) is 9.78 Å². The zero-order valence-electron chi connectivity index (χ0n) is 11.1. The second kappa shape index (κ2) is 4.94. The van der Waals surface area contributed by atoms with Gasteiger partial charge >= 0.3 is 0 Å². The van der Waals surface area contributed by atoms with E-state index in [9.17, 15) is 4.79 Å². The Balaban J connectivity index is 2.20. The van der Waals surface area contributed by atoms with Gasteiger partial charge in [-0.2, -0.15) is 0 Å². The molecular formula is C13H19N3O2. The van der Waals surface area contributed by atoms with Gasteiger partial charge in [-0.05, 0) is 19.9 Å². The minimum atomic E-state index is -0.282. The van der Waals surface area contributed by atoms with Crippen molar-refractivity contribution in [1.82, 2.24) is 9.88 Å². The van der Waals surface area contributed by atoms with Crippen LogP contribution in [0.5, 0.6) is 0 Å². The Kier molecular flexibility index (Phi) is 3.52. The summed E-state index contributed by atoms with van der Waals surface area (Å²) in [6.07, 6.45) is 3.28. The van der Waals surface area contributed by atoms with Crippen LogP contribution >= 0.6 is 0 Å². The fraction of sp³-hybridized carbons (Fsp3) is 0.538. The second-order valence-electron chi connectivity index (χ2n) is 5.01. The van der Waals surface area contributed by atoms with Crippen LogP contribution in [0.3, 0.4) is 0 Å². The summed E-state index contributed by atoms with van der Waals surface area (Å²) in [6, 6.07) is 1.80. The van der Waals surface area contributed by atoms with Gasteiger partial charge in [-0.1, -0.05) is 0 Å². The van der Waals surface area contributed by atoms with E-state index in [1.165, 1.54) is 0 Å². The van der Waals surface area contributed by atoms with E-state index in [1.807, 2.05) is 18.7 Å². The number of morpholine rings is 1. The number of rotatable bonds is 2. The standard InChI is InChI=1S/C13H19N3O2/c1-13(2)9-16(6-7-18-13)12(17)10-8-15-5-4-11(10)14-3/h4-5,8H,6-7,9H2,1-3H3,(H,14,15). The third kappa shape index (κ3) is 2.61. The molecule has 1 N–H and O–H groups in total. The van der Waals surface area contributed by atoms with Gasteiger partial charge in [0.15, 0.2) is 0 Å². The summed E-state index contributed by atoms with van der Waals surface area (Å²) in [6.45, 7) is 5.79. The van der Waals surface area contributed by atoms with Crippen molar-refractivity contribution in [2.45, 2.75) is 19.4 Å². The van der Waals surface area contributed by atoms with Crippen LogP contribution in [0.4, 0.5) is 5.69 Å². The molecule has 1 aliphatic rings. The van der Waals surface area contributed by atoms with Crippen LogP contribution in [-0.2, 0) is 4.74 Å². The number of amides is 1. The van der Waals surface area contributed by atoms with Gasteiger partial charge in [-0.15, -0.1) is 0 Å². The van der Waals surface area contributed by atoms with Crippen LogP contribution < -0.4 is 5.32 Å². The van der Waals surface area contributed by atoms with Crippen LogP contribution in [-0.4, -0.2) is 48.1 Å². The van der Waals surface area contributed by atoms with Crippen LogP contribution in [0.2, 0.25) is 0 Å². The van der Waals surface area contributed by atoms with Gasteiger partial charge in [0.2, 0.25) is 0 Å². The minimum Gasteiger partial charge on any atom is -0.387 e. The van der Waals surface area contributed by atoms with Crippen molar-refractivity contribution in [3.8, 4) is 0 Å². The second-order valence-corrected chi connectivity index (χ2v) is 5.01. The number of nitrogens with one attached hydrogen (secondary N) is 1. The van der Waals surface area contributed by atoms with Crippen molar-refractivity contribution in [2.24, 2.45) is 0 Å². The average molecular weight is 249 g/mol. The lowest BCUT2D eigenvalue weighted by Crippen LogP contribution is -2.50. The zero-order chi connectivity index (χ0) is 13.2. The number of carbonyl (C=O) groups excluding carboxylic acids is 1. The molecule has 0 unspecified atom stereocenters. The van der Waals surface area contributed by atoms with E-state index in [2.05, 4.69) is 10.3 Å². The van der Waals surface area contributed by atoms with E-state index in [0.29, 0.717) is 25.3 Å². The molecule has 0 spiro atoms. The molecule has 5 heteroatoms. The molecule has 18 heavy (non-hydrogen) atoms. The number of pyridine rings is 1. The number of hydrogen-bond acceptors (Lipinski definition) is 4. The summed E-state index contributed by atoms with van der Waals surface area (Å²) < 4.78 is 5.61. The highest BCUT2D eigenvalue weighted by molar-refractivity contribution is 5.99. The molecule has 1 aliphatic heterocycles. The van der Waals surface area contributed by atoms with E-state index in [0.717, 1.165) is 5.69 Å². The normalized spacial score (nSPS) is 18.5. The largest absolute Gasteiger partial charge is 0.387 e. The van der Waals surface area contributed by atoms with Crippen molar-refractivity contribution in [3.05, 3.63) is 24.0 Å². The summed E-state index contributed by atoms with van der Waals surface area (Å²) in [4.78, 5) is 18.3. The smallest absolute Gasteiger partial charge is 0.257 e. The predicted octanol–water partition coefficient (Wildman–Crippen LogP) is 1.37. The van der Waals surface area contributed by atoms with E-state index in [-0.39, 0.29) is 11.5 Å². The number of ether oxygens (including phenoxy) is 1. The van der Waals surface area contributed by atoms with E-state index in [1.54, 1.807) is 25.5 Å². The highest BCUT2D eigenvalue weighted by Gasteiger charge is 2.31. The van der Waals surface area contributed by atoms with Gasteiger partial charge in [0, 0.05) is 38.2 Å². The highest BCUT2D eigenvalue weighted by Crippen LogP contribution is 2.21. The van der Waals surface area contributed by atoms with Crippen molar-refractivity contribution in [1.29, 1.82) is 0 Å². The molecule has 1 aromatic rings. The Labute approximate surface area is 107 Å². The summed E-state index contributed by atoms with van der Waals surface area (Å²) >= 11 is 0. The molecule has 2 rings (SSSR count). The van der Waals surface area contributed by atoms with Gasteiger partial charge in [0.05, 0.1) is 17.8 Å². The van der Waals surface area contributed by atoms with Gasteiger partial charge < -0.3 is 15.0 Å². The van der Waals surface area contributed by atoms with Crippen LogP contribution in [0, 0.1) is 0 Å². The predicted molar refractivity (Wildman–Crippen MR) is 69.7 cm³/mol. The molecule has 1 aromatic heterocycles. The summed E-state index contributed by atoms with van der Waals surface area (Å²) in [5, 5.41) is 3.02. The molecule has 2 heterocycles. The Bertz CT molecular complexity index is 446. The third-order valence-corrected chi connectivity index (χ3v) is 3.03. The zero-order valence-corrected chi connectivity index (χ0v) is 11.1. The maximum atomic E-state index is 12.5. The van der Waals surface area contributed by atoms with Gasteiger partial charge in [0.1, 0.15) is 0 Å². The SMILES string of the molecule is CNc1ccncc1C(=O)N1CCOC(C)(C)C1. The van der Waals surface area contributed by atoms with E-state index >= 15 is 0 Å². The van der Waals surface area contributed by atoms with E-state index < -0.39 is 0 Å². The summed E-state index contributed by atoms with van der Waals surface area (Å²) in [5.41, 5.74) is 1.13. The topological polar surface area (TPSA) is 54.5 Å². The first-order chi connectivity index (χ1) is 8.53. The van der Waals surface area contributed by atoms with Crippen LogP contribution in [0.25, 0.3) is 0 Å². The Morgan fingerprint density at radius 3 is 3.00 bits per heavy atom. The molecule has 0 bridgehead atoms. The number of aromatic nitrogens is 1. The monoisotopic (exact) mass is 249 g/mol. The van der Waals surface area contributed by atoms with E-state index in [4.69, 9.17) is 4.74 Å². The number of nitrogens with zero attached hydrogens (tertiary/aromatic N) is 2. The first-order valence-electron chi connectivity index (χ1n) is 6.08. The average Bonchev–Trinajstić information content (AvgIpc) is 2.36. The molecule has 0 aliphatic carbocycles. The van der Waals surface area contributed by atoms with Gasteiger partial charge in [-0.25, -0.2) is 0 Å². The van der Waals surface area contributed by atoms with Gasteiger partial charge in [0.25, 0.3) is 5.91 Å². The van der Waals surface area contributed by atoms with Crippen LogP contribution in [0.1, 0.15) is 24.2 Å². The van der Waals surface area contributed by atoms with Crippen molar-refractivity contribution >= 4 is 11.6 Å². The first-order valence-corrected chi connectivity index (χ1v) is 6.08. The molecule has 1 saturated heterocycles. The van der Waals surface area contributed by atoms with Crippen molar-refractivity contribution in [3.63, 3.8) is 0 Å². The lowest BCUT2D eigenvalue weighted by atomic mass is 10.1. The molecular weight excluding hydrogens is 230 g/mol. The molecule has 0 aromatic carbocycles. The van der Waals surface area contributed by atoms with Crippen LogP contribution in [0.15, 0.2) is 18.5 Å². The fourth-order valence-electron chi connectivity index (χ4n) is 2.14. The van der Waals surface area contributed by atoms with Crippen molar-refractivity contribution in [2.75, 3.05) is 32.1 Å². The summed E-state index contributed by atoms with van der Waals surface area (Å²) in [7, 11) is 1.80.